The van der Waals surface area contributed by atoms with Crippen molar-refractivity contribution < 1.29 is 9.59 Å². The molecule has 1 heterocycles. The summed E-state index contributed by atoms with van der Waals surface area (Å²) < 4.78 is 0. The average molecular weight is 317 g/mol. The molecule has 0 aromatic heterocycles. The van der Waals surface area contributed by atoms with Gasteiger partial charge in [-0.25, -0.2) is 4.90 Å². The fraction of sp³-hybridized carbons (Fsp3) is 0.333. The van der Waals surface area contributed by atoms with Crippen LogP contribution in [0.1, 0.15) is 19.3 Å². The topological polar surface area (TPSA) is 37.4 Å². The Morgan fingerprint density at radius 3 is 2.00 bits per heavy atom. The van der Waals surface area contributed by atoms with Crippen molar-refractivity contribution in [2.45, 2.75) is 19.3 Å². The van der Waals surface area contributed by atoms with E-state index < -0.39 is 0 Å². The standard InChI is InChI=1S/C21H19NO2/c23-20-18-14-10-11-15(12-14)19(18)21(24)22(20)17-9-5-4-8-16(17)13-6-2-1-3-7-13/h1-9,14-15,18-19H,10-12H2. The molecular formula is C21H19NO2. The van der Waals surface area contributed by atoms with Crippen molar-refractivity contribution in [3.8, 4) is 11.1 Å². The molecule has 2 bridgehead atoms. The van der Waals surface area contributed by atoms with E-state index in [0.29, 0.717) is 11.8 Å². The Bertz CT molecular complexity index is 801. The average Bonchev–Trinajstić information content (AvgIpc) is 3.30. The molecule has 4 unspecified atom stereocenters. The molecule has 4 atom stereocenters. The zero-order chi connectivity index (χ0) is 16.3. The van der Waals surface area contributed by atoms with E-state index in [1.54, 1.807) is 0 Å². The third kappa shape index (κ3) is 1.78. The number of amides is 2. The van der Waals surface area contributed by atoms with Crippen molar-refractivity contribution in [1.29, 1.82) is 0 Å². The van der Waals surface area contributed by atoms with Crippen LogP contribution in [0.5, 0.6) is 0 Å². The molecule has 5 rings (SSSR count). The van der Waals surface area contributed by atoms with E-state index in [4.69, 9.17) is 0 Å². The number of carbonyl (C=O) groups is 2. The third-order valence-electron chi connectivity index (χ3n) is 6.16. The first kappa shape index (κ1) is 14.0. The van der Waals surface area contributed by atoms with Gasteiger partial charge in [-0.3, -0.25) is 9.59 Å². The first-order valence-electron chi connectivity index (χ1n) is 8.78. The molecule has 1 saturated heterocycles. The van der Waals surface area contributed by atoms with Crippen LogP contribution in [0.25, 0.3) is 11.1 Å². The van der Waals surface area contributed by atoms with Crippen molar-refractivity contribution in [2.24, 2.45) is 23.7 Å². The molecule has 2 amide bonds. The van der Waals surface area contributed by atoms with Crippen LogP contribution in [-0.4, -0.2) is 11.8 Å². The van der Waals surface area contributed by atoms with Crippen molar-refractivity contribution in [2.75, 3.05) is 4.90 Å². The zero-order valence-electron chi connectivity index (χ0n) is 13.4. The van der Waals surface area contributed by atoms with E-state index in [9.17, 15) is 9.59 Å². The van der Waals surface area contributed by atoms with Gasteiger partial charge in [0.25, 0.3) is 0 Å². The van der Waals surface area contributed by atoms with Crippen molar-refractivity contribution in [3.05, 3.63) is 54.6 Å². The van der Waals surface area contributed by atoms with Gasteiger partial charge in [-0.2, -0.15) is 0 Å². The molecule has 3 heteroatoms. The Balaban J connectivity index is 1.61. The smallest absolute Gasteiger partial charge is 0.237 e. The molecular weight excluding hydrogens is 298 g/mol. The van der Waals surface area contributed by atoms with Gasteiger partial charge in [-0.05, 0) is 42.7 Å². The maximum Gasteiger partial charge on any atom is 0.237 e. The number of hydrogen-bond acceptors (Lipinski definition) is 2. The first-order valence-corrected chi connectivity index (χ1v) is 8.78. The molecule has 0 radical (unpaired) electrons. The molecule has 2 saturated carbocycles. The number of hydrogen-bond donors (Lipinski definition) is 0. The highest BCUT2D eigenvalue weighted by molar-refractivity contribution is 6.24. The van der Waals surface area contributed by atoms with Crippen LogP contribution >= 0.6 is 0 Å². The molecule has 3 nitrogen and oxygen atoms in total. The summed E-state index contributed by atoms with van der Waals surface area (Å²) in [6.45, 7) is 0. The lowest BCUT2D eigenvalue weighted by molar-refractivity contribution is -0.123. The Morgan fingerprint density at radius 2 is 1.33 bits per heavy atom. The summed E-state index contributed by atoms with van der Waals surface area (Å²) in [4.78, 5) is 27.6. The van der Waals surface area contributed by atoms with Gasteiger partial charge in [0.05, 0.1) is 17.5 Å². The van der Waals surface area contributed by atoms with E-state index in [1.165, 1.54) is 4.90 Å². The van der Waals surface area contributed by atoms with E-state index in [2.05, 4.69) is 0 Å². The number of fused-ring (bicyclic) bond motifs is 5. The third-order valence-corrected chi connectivity index (χ3v) is 6.16. The second kappa shape index (κ2) is 5.04. The molecule has 1 aliphatic heterocycles. The SMILES string of the molecule is O=C1C2C3CCC(C3)C2C(=O)N1c1ccccc1-c1ccccc1. The van der Waals surface area contributed by atoms with E-state index in [1.807, 2.05) is 54.6 Å². The lowest BCUT2D eigenvalue weighted by atomic mass is 9.81. The normalized spacial score (nSPS) is 30.9. The monoisotopic (exact) mass is 317 g/mol. The molecule has 24 heavy (non-hydrogen) atoms. The van der Waals surface area contributed by atoms with Gasteiger partial charge in [0.15, 0.2) is 0 Å². The van der Waals surface area contributed by atoms with Gasteiger partial charge in [-0.1, -0.05) is 48.5 Å². The maximum absolute atomic E-state index is 13.1. The van der Waals surface area contributed by atoms with Gasteiger partial charge in [0.2, 0.25) is 11.8 Å². The van der Waals surface area contributed by atoms with E-state index >= 15 is 0 Å². The second-order valence-electron chi connectivity index (χ2n) is 7.28. The van der Waals surface area contributed by atoms with Gasteiger partial charge in [0.1, 0.15) is 0 Å². The zero-order valence-corrected chi connectivity index (χ0v) is 13.4. The Kier molecular flexibility index (Phi) is 2.93. The number of para-hydroxylation sites is 1. The molecule has 0 N–H and O–H groups in total. The number of anilines is 1. The number of nitrogens with zero attached hydrogens (tertiary/aromatic N) is 1. The Morgan fingerprint density at radius 1 is 0.750 bits per heavy atom. The lowest BCUT2D eigenvalue weighted by Crippen LogP contribution is -2.33. The number of carbonyl (C=O) groups excluding carboxylic acids is 2. The highest BCUT2D eigenvalue weighted by Gasteiger charge is 2.61. The Hall–Kier alpha value is -2.42. The van der Waals surface area contributed by atoms with Crippen LogP contribution in [0.2, 0.25) is 0 Å². The van der Waals surface area contributed by atoms with Crippen molar-refractivity contribution >= 4 is 17.5 Å². The van der Waals surface area contributed by atoms with Gasteiger partial charge >= 0.3 is 0 Å². The minimum absolute atomic E-state index is 0.0283. The van der Waals surface area contributed by atoms with Crippen LogP contribution < -0.4 is 4.90 Å². The number of benzene rings is 2. The summed E-state index contributed by atoms with van der Waals surface area (Å²) in [6, 6.07) is 17.7. The van der Waals surface area contributed by atoms with Crippen LogP contribution in [0.3, 0.4) is 0 Å². The van der Waals surface area contributed by atoms with Crippen LogP contribution in [0.15, 0.2) is 54.6 Å². The fourth-order valence-electron chi connectivity index (χ4n) is 5.18. The molecule has 2 aromatic rings. The summed E-state index contributed by atoms with van der Waals surface area (Å²) in [5.74, 6) is 0.761. The highest BCUT2D eigenvalue weighted by atomic mass is 16.2. The minimum atomic E-state index is -0.0694. The highest BCUT2D eigenvalue weighted by Crippen LogP contribution is 2.57. The predicted molar refractivity (Wildman–Crippen MR) is 92.2 cm³/mol. The fourth-order valence-corrected chi connectivity index (χ4v) is 5.18. The van der Waals surface area contributed by atoms with E-state index in [-0.39, 0.29) is 23.7 Å². The summed E-state index contributed by atoms with van der Waals surface area (Å²) in [6.07, 6.45) is 3.29. The van der Waals surface area contributed by atoms with Gasteiger partial charge in [0, 0.05) is 5.56 Å². The molecule has 3 fully saturated rings. The maximum atomic E-state index is 13.1. The summed E-state index contributed by atoms with van der Waals surface area (Å²) in [7, 11) is 0. The number of imide groups is 1. The van der Waals surface area contributed by atoms with Gasteiger partial charge < -0.3 is 0 Å². The molecule has 0 spiro atoms. The van der Waals surface area contributed by atoms with Crippen LogP contribution in [0, 0.1) is 23.7 Å². The molecule has 120 valence electrons. The number of rotatable bonds is 2. The molecule has 2 aromatic carbocycles. The first-order chi connectivity index (χ1) is 11.8. The summed E-state index contributed by atoms with van der Waals surface area (Å²) >= 11 is 0. The predicted octanol–water partition coefficient (Wildman–Crippen LogP) is 3.89. The second-order valence-corrected chi connectivity index (χ2v) is 7.28. The summed E-state index contributed by atoms with van der Waals surface area (Å²) in [5, 5.41) is 0. The van der Waals surface area contributed by atoms with E-state index in [0.717, 1.165) is 36.1 Å². The molecule has 2 aliphatic carbocycles. The Labute approximate surface area is 141 Å². The van der Waals surface area contributed by atoms with Crippen LogP contribution in [-0.2, 0) is 9.59 Å². The van der Waals surface area contributed by atoms with Crippen molar-refractivity contribution in [1.82, 2.24) is 0 Å². The minimum Gasteiger partial charge on any atom is -0.274 e. The largest absolute Gasteiger partial charge is 0.274 e. The van der Waals surface area contributed by atoms with Gasteiger partial charge in [-0.15, -0.1) is 0 Å². The van der Waals surface area contributed by atoms with Crippen molar-refractivity contribution in [3.63, 3.8) is 0 Å². The summed E-state index contributed by atoms with van der Waals surface area (Å²) in [5.41, 5.74) is 2.73. The van der Waals surface area contributed by atoms with Crippen LogP contribution in [0.4, 0.5) is 5.69 Å². The lowest BCUT2D eigenvalue weighted by Gasteiger charge is -2.20. The quantitative estimate of drug-likeness (QED) is 0.788. The molecule has 3 aliphatic rings.